The van der Waals surface area contributed by atoms with Gasteiger partial charge in [0.1, 0.15) is 0 Å². The topological polar surface area (TPSA) is 43.8 Å². The molecule has 1 aromatic rings. The SMILES string of the molecule is Cc1ncn(CC=CCN)c1C. The number of hydrogen-bond donors (Lipinski definition) is 1. The van der Waals surface area contributed by atoms with Gasteiger partial charge in [-0.25, -0.2) is 4.98 Å². The fourth-order valence-corrected chi connectivity index (χ4v) is 1.01. The third-order valence-corrected chi connectivity index (χ3v) is 1.95. The first-order valence-corrected chi connectivity index (χ1v) is 4.09. The van der Waals surface area contributed by atoms with E-state index < -0.39 is 0 Å². The average molecular weight is 165 g/mol. The zero-order chi connectivity index (χ0) is 8.97. The normalized spacial score (nSPS) is 11.2. The maximum Gasteiger partial charge on any atom is 0.0954 e. The van der Waals surface area contributed by atoms with E-state index >= 15 is 0 Å². The number of nitrogens with two attached hydrogens (primary N) is 1. The molecule has 0 radical (unpaired) electrons. The van der Waals surface area contributed by atoms with Crippen LogP contribution < -0.4 is 5.73 Å². The molecule has 0 fully saturated rings. The van der Waals surface area contributed by atoms with Crippen LogP contribution in [0, 0.1) is 13.8 Å². The van der Waals surface area contributed by atoms with Crippen molar-refractivity contribution in [2.45, 2.75) is 20.4 Å². The van der Waals surface area contributed by atoms with Crippen molar-refractivity contribution in [1.82, 2.24) is 9.55 Å². The lowest BCUT2D eigenvalue weighted by Gasteiger charge is -1.99. The highest BCUT2D eigenvalue weighted by molar-refractivity contribution is 5.09. The lowest BCUT2D eigenvalue weighted by molar-refractivity contribution is 0.787. The second-order valence-electron chi connectivity index (χ2n) is 2.77. The molecular weight excluding hydrogens is 150 g/mol. The number of allylic oxidation sites excluding steroid dienone is 1. The lowest BCUT2D eigenvalue weighted by Crippen LogP contribution is -1.98. The molecule has 0 bridgehead atoms. The molecule has 0 aliphatic rings. The van der Waals surface area contributed by atoms with Crippen molar-refractivity contribution in [3.05, 3.63) is 29.9 Å². The van der Waals surface area contributed by atoms with Crippen molar-refractivity contribution in [3.63, 3.8) is 0 Å². The fourth-order valence-electron chi connectivity index (χ4n) is 1.01. The summed E-state index contributed by atoms with van der Waals surface area (Å²) >= 11 is 0. The van der Waals surface area contributed by atoms with Crippen molar-refractivity contribution in [1.29, 1.82) is 0 Å². The van der Waals surface area contributed by atoms with Crippen molar-refractivity contribution in [2.24, 2.45) is 5.73 Å². The lowest BCUT2D eigenvalue weighted by atomic mass is 10.4. The van der Waals surface area contributed by atoms with Crippen LogP contribution in [0.3, 0.4) is 0 Å². The minimum atomic E-state index is 0.604. The molecule has 0 amide bonds. The van der Waals surface area contributed by atoms with E-state index in [0.29, 0.717) is 6.54 Å². The first-order valence-electron chi connectivity index (χ1n) is 4.09. The summed E-state index contributed by atoms with van der Waals surface area (Å²) in [5.74, 6) is 0. The Balaban J connectivity index is 2.63. The molecule has 0 aromatic carbocycles. The Morgan fingerprint density at radius 2 is 2.25 bits per heavy atom. The van der Waals surface area contributed by atoms with Crippen LogP contribution in [0.1, 0.15) is 11.4 Å². The summed E-state index contributed by atoms with van der Waals surface area (Å²) in [5, 5.41) is 0. The molecule has 2 N–H and O–H groups in total. The van der Waals surface area contributed by atoms with Gasteiger partial charge >= 0.3 is 0 Å². The minimum absolute atomic E-state index is 0.604. The predicted molar refractivity (Wildman–Crippen MR) is 49.9 cm³/mol. The van der Waals surface area contributed by atoms with Crippen LogP contribution in [0.15, 0.2) is 18.5 Å². The highest BCUT2D eigenvalue weighted by atomic mass is 15.0. The second kappa shape index (κ2) is 4.07. The third kappa shape index (κ3) is 1.95. The summed E-state index contributed by atoms with van der Waals surface area (Å²) < 4.78 is 2.10. The predicted octanol–water partition coefficient (Wildman–Crippen LogP) is 1.01. The van der Waals surface area contributed by atoms with Crippen LogP contribution in [0.2, 0.25) is 0 Å². The van der Waals surface area contributed by atoms with E-state index in [9.17, 15) is 0 Å². The van der Waals surface area contributed by atoms with E-state index in [-0.39, 0.29) is 0 Å². The highest BCUT2D eigenvalue weighted by Crippen LogP contribution is 2.03. The monoisotopic (exact) mass is 165 g/mol. The van der Waals surface area contributed by atoms with Crippen LogP contribution in [-0.4, -0.2) is 16.1 Å². The van der Waals surface area contributed by atoms with Gasteiger partial charge in [-0.15, -0.1) is 0 Å². The number of rotatable bonds is 3. The molecule has 12 heavy (non-hydrogen) atoms. The molecule has 0 aliphatic carbocycles. The summed E-state index contributed by atoms with van der Waals surface area (Å²) in [7, 11) is 0. The van der Waals surface area contributed by atoms with Gasteiger partial charge in [-0.3, -0.25) is 0 Å². The molecule has 0 saturated heterocycles. The maximum atomic E-state index is 5.32. The Morgan fingerprint density at radius 1 is 1.50 bits per heavy atom. The van der Waals surface area contributed by atoms with Crippen molar-refractivity contribution in [3.8, 4) is 0 Å². The molecule has 66 valence electrons. The maximum absolute atomic E-state index is 5.32. The number of hydrogen-bond acceptors (Lipinski definition) is 2. The quantitative estimate of drug-likeness (QED) is 0.679. The van der Waals surface area contributed by atoms with Gasteiger partial charge in [-0.1, -0.05) is 12.2 Å². The smallest absolute Gasteiger partial charge is 0.0954 e. The molecule has 0 aliphatic heterocycles. The standard InChI is InChI=1S/C9H15N3/c1-8-9(2)12(7-11-8)6-4-3-5-10/h3-4,7H,5-6,10H2,1-2H3. The zero-order valence-electron chi connectivity index (χ0n) is 7.62. The third-order valence-electron chi connectivity index (χ3n) is 1.95. The van der Waals surface area contributed by atoms with Gasteiger partial charge in [0.2, 0.25) is 0 Å². The number of aryl methyl sites for hydroxylation is 1. The van der Waals surface area contributed by atoms with E-state index in [1.807, 2.05) is 25.4 Å². The Bertz CT molecular complexity index is 273. The van der Waals surface area contributed by atoms with E-state index in [2.05, 4.69) is 16.5 Å². The largest absolute Gasteiger partial charge is 0.331 e. The number of imidazole rings is 1. The van der Waals surface area contributed by atoms with Crippen LogP contribution >= 0.6 is 0 Å². The molecule has 1 rings (SSSR count). The van der Waals surface area contributed by atoms with Crippen molar-refractivity contribution < 1.29 is 0 Å². The summed E-state index contributed by atoms with van der Waals surface area (Å²) in [6.45, 7) is 5.55. The molecule has 0 atom stereocenters. The van der Waals surface area contributed by atoms with Gasteiger partial charge in [0.25, 0.3) is 0 Å². The van der Waals surface area contributed by atoms with Gasteiger partial charge in [0.05, 0.1) is 12.0 Å². The molecule has 0 saturated carbocycles. The highest BCUT2D eigenvalue weighted by Gasteiger charge is 1.98. The summed E-state index contributed by atoms with van der Waals surface area (Å²) in [6.07, 6.45) is 5.86. The molecular formula is C9H15N3. The Kier molecular flexibility index (Phi) is 3.05. The fraction of sp³-hybridized carbons (Fsp3) is 0.444. The molecule has 1 heterocycles. The van der Waals surface area contributed by atoms with Gasteiger partial charge in [0.15, 0.2) is 0 Å². The molecule has 3 nitrogen and oxygen atoms in total. The second-order valence-corrected chi connectivity index (χ2v) is 2.77. The Hall–Kier alpha value is -1.09. The first-order chi connectivity index (χ1) is 5.75. The molecule has 0 unspecified atom stereocenters. The number of aromatic nitrogens is 2. The van der Waals surface area contributed by atoms with Gasteiger partial charge < -0.3 is 10.3 Å². The van der Waals surface area contributed by atoms with Crippen LogP contribution in [0.25, 0.3) is 0 Å². The van der Waals surface area contributed by atoms with Gasteiger partial charge in [-0.05, 0) is 13.8 Å². The summed E-state index contributed by atoms with van der Waals surface area (Å²) in [5.41, 5.74) is 7.64. The Morgan fingerprint density at radius 3 is 2.75 bits per heavy atom. The Labute approximate surface area is 72.9 Å². The van der Waals surface area contributed by atoms with E-state index in [1.165, 1.54) is 5.69 Å². The van der Waals surface area contributed by atoms with Crippen LogP contribution in [0.5, 0.6) is 0 Å². The van der Waals surface area contributed by atoms with E-state index in [1.54, 1.807) is 0 Å². The summed E-state index contributed by atoms with van der Waals surface area (Å²) in [4.78, 5) is 4.19. The molecule has 1 aromatic heterocycles. The average Bonchev–Trinajstić information content (AvgIpc) is 2.36. The number of nitrogens with zero attached hydrogens (tertiary/aromatic N) is 2. The van der Waals surface area contributed by atoms with E-state index in [4.69, 9.17) is 5.73 Å². The van der Waals surface area contributed by atoms with E-state index in [0.717, 1.165) is 12.2 Å². The minimum Gasteiger partial charge on any atom is -0.331 e. The van der Waals surface area contributed by atoms with Gasteiger partial charge in [-0.2, -0.15) is 0 Å². The summed E-state index contributed by atoms with van der Waals surface area (Å²) in [6, 6.07) is 0. The molecule has 3 heteroatoms. The van der Waals surface area contributed by atoms with Crippen molar-refractivity contribution >= 4 is 0 Å². The first kappa shape index (κ1) is 9.00. The molecule has 0 spiro atoms. The van der Waals surface area contributed by atoms with Crippen LogP contribution in [-0.2, 0) is 6.54 Å². The van der Waals surface area contributed by atoms with Crippen LogP contribution in [0.4, 0.5) is 0 Å². The van der Waals surface area contributed by atoms with Gasteiger partial charge in [0, 0.05) is 18.8 Å². The zero-order valence-corrected chi connectivity index (χ0v) is 7.62. The van der Waals surface area contributed by atoms with Crippen molar-refractivity contribution in [2.75, 3.05) is 6.54 Å².